The summed E-state index contributed by atoms with van der Waals surface area (Å²) < 4.78 is 44.1. The van der Waals surface area contributed by atoms with E-state index in [1.54, 1.807) is 12.1 Å². The van der Waals surface area contributed by atoms with Gasteiger partial charge in [0.25, 0.3) is 10.2 Å². The highest BCUT2D eigenvalue weighted by Crippen LogP contribution is 2.14. The van der Waals surface area contributed by atoms with Crippen molar-refractivity contribution < 1.29 is 17.5 Å². The summed E-state index contributed by atoms with van der Waals surface area (Å²) >= 11 is 0. The zero-order chi connectivity index (χ0) is 14.3. The maximum Gasteiger partial charge on any atom is 0.279 e. The quantitative estimate of drug-likeness (QED) is 0.807. The first-order valence-corrected chi connectivity index (χ1v) is 6.87. The molecule has 0 aromatic heterocycles. The number of hydrogen-bond donors (Lipinski definition) is 1. The van der Waals surface area contributed by atoms with Crippen LogP contribution in [0.2, 0.25) is 0 Å². The summed E-state index contributed by atoms with van der Waals surface area (Å²) in [6.45, 7) is -0.0359. The molecule has 0 saturated carbocycles. The number of rotatable bonds is 5. The molecular weight excluding hydrogens is 271 g/mol. The van der Waals surface area contributed by atoms with Crippen LogP contribution >= 0.6 is 0 Å². The molecule has 5 nitrogen and oxygen atoms in total. The first-order valence-electron chi connectivity index (χ1n) is 5.43. The van der Waals surface area contributed by atoms with Crippen LogP contribution in [0.3, 0.4) is 0 Å². The minimum atomic E-state index is -3.46. The van der Waals surface area contributed by atoms with Crippen LogP contribution in [0.15, 0.2) is 24.3 Å². The van der Waals surface area contributed by atoms with Crippen molar-refractivity contribution >= 4 is 10.2 Å². The standard InChI is InChI=1S/C12H15FN2O3S/c1-15(2)19(16,17)14-9-5-6-10-18-12-8-4-3-7-11(12)13/h3-4,7-8,14H,9-10H2,1-2H3. The van der Waals surface area contributed by atoms with E-state index < -0.39 is 16.0 Å². The van der Waals surface area contributed by atoms with Crippen LogP contribution in [0.25, 0.3) is 0 Å². The van der Waals surface area contributed by atoms with Crippen LogP contribution < -0.4 is 9.46 Å². The Morgan fingerprint density at radius 3 is 2.63 bits per heavy atom. The first kappa shape index (κ1) is 15.4. The normalized spacial score (nSPS) is 10.9. The summed E-state index contributed by atoms with van der Waals surface area (Å²) in [5.41, 5.74) is 0. The Kier molecular flexibility index (Phi) is 5.76. The molecular formula is C12H15FN2O3S. The van der Waals surface area contributed by atoms with Crippen molar-refractivity contribution in [2.45, 2.75) is 0 Å². The van der Waals surface area contributed by atoms with Crippen molar-refractivity contribution in [3.63, 3.8) is 0 Å². The molecule has 0 spiro atoms. The average Bonchev–Trinajstić information content (AvgIpc) is 2.35. The molecule has 0 radical (unpaired) electrons. The van der Waals surface area contributed by atoms with Gasteiger partial charge in [0.2, 0.25) is 0 Å². The van der Waals surface area contributed by atoms with Crippen LogP contribution in [0.4, 0.5) is 4.39 Å². The van der Waals surface area contributed by atoms with Gasteiger partial charge in [0, 0.05) is 14.1 Å². The van der Waals surface area contributed by atoms with E-state index in [-0.39, 0.29) is 18.9 Å². The van der Waals surface area contributed by atoms with Crippen molar-refractivity contribution in [3.05, 3.63) is 30.1 Å². The molecule has 104 valence electrons. The van der Waals surface area contributed by atoms with Crippen LogP contribution in [0, 0.1) is 17.7 Å². The smallest absolute Gasteiger partial charge is 0.279 e. The van der Waals surface area contributed by atoms with Crippen LogP contribution in [0.1, 0.15) is 0 Å². The van der Waals surface area contributed by atoms with E-state index in [4.69, 9.17) is 4.74 Å². The third-order valence-corrected chi connectivity index (χ3v) is 3.56. The van der Waals surface area contributed by atoms with Crippen molar-refractivity contribution in [2.75, 3.05) is 27.2 Å². The third-order valence-electron chi connectivity index (χ3n) is 2.09. The minimum absolute atomic E-state index is 0.00930. The monoisotopic (exact) mass is 286 g/mol. The second kappa shape index (κ2) is 7.09. The minimum Gasteiger partial charge on any atom is -0.478 e. The number of para-hydroxylation sites is 1. The number of nitrogens with zero attached hydrogens (tertiary/aromatic N) is 1. The van der Waals surface area contributed by atoms with E-state index >= 15 is 0 Å². The second-order valence-corrected chi connectivity index (χ2v) is 5.65. The predicted molar refractivity (Wildman–Crippen MR) is 70.3 cm³/mol. The van der Waals surface area contributed by atoms with E-state index in [9.17, 15) is 12.8 Å². The van der Waals surface area contributed by atoms with Gasteiger partial charge in [-0.3, -0.25) is 0 Å². The molecule has 0 aliphatic heterocycles. The molecule has 1 aromatic carbocycles. The Bertz CT molecular complexity index is 576. The molecule has 0 aliphatic rings. The van der Waals surface area contributed by atoms with E-state index in [0.29, 0.717) is 0 Å². The van der Waals surface area contributed by atoms with Crippen LogP contribution in [-0.4, -0.2) is 40.0 Å². The fraction of sp³-hybridized carbons (Fsp3) is 0.333. The Hall–Kier alpha value is -1.62. The summed E-state index contributed by atoms with van der Waals surface area (Å²) in [5, 5.41) is 0. The maximum absolute atomic E-state index is 13.1. The van der Waals surface area contributed by atoms with Crippen molar-refractivity contribution in [1.82, 2.24) is 9.03 Å². The molecule has 0 atom stereocenters. The van der Waals surface area contributed by atoms with Gasteiger partial charge >= 0.3 is 0 Å². The van der Waals surface area contributed by atoms with Gasteiger partial charge in [0.15, 0.2) is 11.6 Å². The molecule has 0 fully saturated rings. The Labute approximate surface area is 112 Å². The molecule has 0 bridgehead atoms. The Morgan fingerprint density at radius 1 is 1.32 bits per heavy atom. The second-order valence-electron chi connectivity index (χ2n) is 3.68. The van der Waals surface area contributed by atoms with Crippen LogP contribution in [-0.2, 0) is 10.2 Å². The van der Waals surface area contributed by atoms with Gasteiger partial charge in [-0.15, -0.1) is 0 Å². The lowest BCUT2D eigenvalue weighted by molar-refractivity contribution is 0.348. The molecule has 1 rings (SSSR count). The molecule has 0 heterocycles. The summed E-state index contributed by atoms with van der Waals surface area (Å²) in [5.74, 6) is 4.82. The molecule has 0 saturated heterocycles. The molecule has 1 aromatic rings. The number of hydrogen-bond acceptors (Lipinski definition) is 3. The average molecular weight is 286 g/mol. The lowest BCUT2D eigenvalue weighted by atomic mass is 10.3. The lowest BCUT2D eigenvalue weighted by Crippen LogP contribution is -2.35. The molecule has 7 heteroatoms. The maximum atomic E-state index is 13.1. The van der Waals surface area contributed by atoms with E-state index in [1.807, 2.05) is 0 Å². The van der Waals surface area contributed by atoms with Crippen molar-refractivity contribution in [3.8, 4) is 17.6 Å². The summed E-state index contributed by atoms with van der Waals surface area (Å²) in [6.07, 6.45) is 0. The highest BCUT2D eigenvalue weighted by atomic mass is 32.2. The van der Waals surface area contributed by atoms with Gasteiger partial charge in [-0.2, -0.15) is 17.4 Å². The topological polar surface area (TPSA) is 58.6 Å². The van der Waals surface area contributed by atoms with E-state index in [1.165, 1.54) is 26.2 Å². The van der Waals surface area contributed by atoms with Gasteiger partial charge in [0.05, 0.1) is 6.54 Å². The number of benzene rings is 1. The molecule has 0 aliphatic carbocycles. The largest absolute Gasteiger partial charge is 0.478 e. The molecule has 1 N–H and O–H groups in total. The zero-order valence-corrected chi connectivity index (χ0v) is 11.5. The summed E-state index contributed by atoms with van der Waals surface area (Å²) in [4.78, 5) is 0. The summed E-state index contributed by atoms with van der Waals surface area (Å²) in [6, 6.07) is 5.99. The highest BCUT2D eigenvalue weighted by molar-refractivity contribution is 7.87. The van der Waals surface area contributed by atoms with Gasteiger partial charge in [-0.05, 0) is 12.1 Å². The lowest BCUT2D eigenvalue weighted by Gasteiger charge is -2.09. The number of nitrogens with one attached hydrogen (secondary N) is 1. The van der Waals surface area contributed by atoms with Gasteiger partial charge in [-0.1, -0.05) is 24.0 Å². The third kappa shape index (κ3) is 5.26. The number of ether oxygens (including phenoxy) is 1. The van der Waals surface area contributed by atoms with Gasteiger partial charge < -0.3 is 4.74 Å². The van der Waals surface area contributed by atoms with Gasteiger partial charge in [-0.25, -0.2) is 4.39 Å². The van der Waals surface area contributed by atoms with Crippen molar-refractivity contribution in [1.29, 1.82) is 0 Å². The number of halogens is 1. The predicted octanol–water partition coefficient (Wildman–Crippen LogP) is 0.604. The van der Waals surface area contributed by atoms with E-state index in [2.05, 4.69) is 16.6 Å². The fourth-order valence-corrected chi connectivity index (χ4v) is 1.56. The van der Waals surface area contributed by atoms with Crippen LogP contribution in [0.5, 0.6) is 5.75 Å². The van der Waals surface area contributed by atoms with Gasteiger partial charge in [0.1, 0.15) is 6.61 Å². The molecule has 0 unspecified atom stereocenters. The zero-order valence-electron chi connectivity index (χ0n) is 10.7. The SMILES string of the molecule is CN(C)S(=O)(=O)NCC#CCOc1ccccc1F. The van der Waals surface area contributed by atoms with Crippen molar-refractivity contribution in [2.24, 2.45) is 0 Å². The van der Waals surface area contributed by atoms with E-state index in [0.717, 1.165) is 4.31 Å². The highest BCUT2D eigenvalue weighted by Gasteiger charge is 2.10. The molecule has 19 heavy (non-hydrogen) atoms. The Morgan fingerprint density at radius 2 is 2.00 bits per heavy atom. The Balaban J connectivity index is 2.36. The summed E-state index contributed by atoms with van der Waals surface area (Å²) in [7, 11) is -0.637. The first-order chi connectivity index (χ1) is 8.93. The molecule has 0 amide bonds. The fourth-order valence-electron chi connectivity index (χ4n) is 1.05.